The monoisotopic (exact) mass is 301 g/mol. The Morgan fingerprint density at radius 3 is 2.50 bits per heavy atom. The summed E-state index contributed by atoms with van der Waals surface area (Å²) in [4.78, 5) is 12.3. The molecule has 1 amide bonds. The van der Waals surface area contributed by atoms with Crippen LogP contribution in [0.3, 0.4) is 0 Å². The standard InChI is InChI=1S/C17H19NO4/c1-10-11(2)22-12(3)16(10)17(19)18-9-13-4-5-14-15(8-13)21-7-6-20-14/h4-5,8H,6-7,9H2,1-3H3,(H,18,19). The van der Waals surface area contributed by atoms with E-state index in [4.69, 9.17) is 13.9 Å². The second-order valence-electron chi connectivity index (χ2n) is 5.38. The molecule has 5 heteroatoms. The van der Waals surface area contributed by atoms with Gasteiger partial charge in [0.05, 0.1) is 5.56 Å². The molecule has 3 rings (SSSR count). The van der Waals surface area contributed by atoms with Crippen LogP contribution in [0.25, 0.3) is 0 Å². The molecule has 1 aromatic heterocycles. The molecule has 1 aliphatic heterocycles. The predicted molar refractivity (Wildman–Crippen MR) is 81.5 cm³/mol. The Bertz CT molecular complexity index is 718. The van der Waals surface area contributed by atoms with Crippen LogP contribution in [-0.4, -0.2) is 19.1 Å². The minimum Gasteiger partial charge on any atom is -0.486 e. The van der Waals surface area contributed by atoms with Crippen molar-refractivity contribution in [1.29, 1.82) is 0 Å². The highest BCUT2D eigenvalue weighted by Gasteiger charge is 2.18. The van der Waals surface area contributed by atoms with E-state index < -0.39 is 0 Å². The maximum Gasteiger partial charge on any atom is 0.255 e. The van der Waals surface area contributed by atoms with Crippen molar-refractivity contribution in [3.05, 3.63) is 46.4 Å². The van der Waals surface area contributed by atoms with Gasteiger partial charge in [-0.1, -0.05) is 6.07 Å². The van der Waals surface area contributed by atoms with Crippen LogP contribution in [0.1, 0.15) is 33.0 Å². The molecule has 0 fully saturated rings. The van der Waals surface area contributed by atoms with Crippen LogP contribution in [0.2, 0.25) is 0 Å². The van der Waals surface area contributed by atoms with Crippen molar-refractivity contribution in [1.82, 2.24) is 5.32 Å². The average molecular weight is 301 g/mol. The summed E-state index contributed by atoms with van der Waals surface area (Å²) in [5, 5.41) is 2.92. The number of aryl methyl sites for hydroxylation is 2. The van der Waals surface area contributed by atoms with Crippen LogP contribution in [0.5, 0.6) is 11.5 Å². The van der Waals surface area contributed by atoms with E-state index in [0.29, 0.717) is 31.1 Å². The van der Waals surface area contributed by atoms with Crippen LogP contribution >= 0.6 is 0 Å². The SMILES string of the molecule is Cc1oc(C)c(C(=O)NCc2ccc3c(c2)OCCO3)c1C. The fourth-order valence-corrected chi connectivity index (χ4v) is 2.60. The van der Waals surface area contributed by atoms with Gasteiger partial charge in [0.15, 0.2) is 11.5 Å². The second-order valence-corrected chi connectivity index (χ2v) is 5.38. The quantitative estimate of drug-likeness (QED) is 0.947. The molecule has 0 bridgehead atoms. The van der Waals surface area contributed by atoms with Crippen LogP contribution in [0.4, 0.5) is 0 Å². The van der Waals surface area contributed by atoms with Gasteiger partial charge in [-0.15, -0.1) is 0 Å². The first-order chi connectivity index (χ1) is 10.6. The van der Waals surface area contributed by atoms with E-state index in [1.807, 2.05) is 32.0 Å². The Balaban J connectivity index is 1.71. The Morgan fingerprint density at radius 2 is 1.82 bits per heavy atom. The molecule has 0 atom stereocenters. The van der Waals surface area contributed by atoms with Crippen LogP contribution in [0.15, 0.2) is 22.6 Å². The highest BCUT2D eigenvalue weighted by atomic mass is 16.6. The molecular formula is C17H19NO4. The largest absolute Gasteiger partial charge is 0.486 e. The molecule has 1 aliphatic rings. The molecule has 1 aromatic carbocycles. The zero-order chi connectivity index (χ0) is 15.7. The fourth-order valence-electron chi connectivity index (χ4n) is 2.60. The molecule has 0 radical (unpaired) electrons. The van der Waals surface area contributed by atoms with Crippen LogP contribution < -0.4 is 14.8 Å². The molecule has 5 nitrogen and oxygen atoms in total. The topological polar surface area (TPSA) is 60.7 Å². The number of amides is 1. The first kappa shape index (κ1) is 14.5. The maximum atomic E-state index is 12.3. The van der Waals surface area contributed by atoms with Gasteiger partial charge in [-0.25, -0.2) is 0 Å². The number of fused-ring (bicyclic) bond motifs is 1. The summed E-state index contributed by atoms with van der Waals surface area (Å²) in [5.74, 6) is 2.78. The van der Waals surface area contributed by atoms with Gasteiger partial charge in [0.25, 0.3) is 5.91 Å². The number of carbonyl (C=O) groups excluding carboxylic acids is 1. The fraction of sp³-hybridized carbons (Fsp3) is 0.353. The van der Waals surface area contributed by atoms with E-state index in [-0.39, 0.29) is 5.91 Å². The summed E-state index contributed by atoms with van der Waals surface area (Å²) in [6.45, 7) is 7.11. The van der Waals surface area contributed by atoms with Crippen molar-refractivity contribution < 1.29 is 18.7 Å². The Morgan fingerprint density at radius 1 is 1.09 bits per heavy atom. The summed E-state index contributed by atoms with van der Waals surface area (Å²) in [6.07, 6.45) is 0. The van der Waals surface area contributed by atoms with Gasteiger partial charge >= 0.3 is 0 Å². The number of hydrogen-bond acceptors (Lipinski definition) is 4. The molecular weight excluding hydrogens is 282 g/mol. The maximum absolute atomic E-state index is 12.3. The lowest BCUT2D eigenvalue weighted by molar-refractivity contribution is 0.0948. The molecule has 0 saturated carbocycles. The van der Waals surface area contributed by atoms with Crippen molar-refractivity contribution in [2.24, 2.45) is 0 Å². The molecule has 0 saturated heterocycles. The highest BCUT2D eigenvalue weighted by molar-refractivity contribution is 5.96. The van der Waals surface area contributed by atoms with Gasteiger partial charge < -0.3 is 19.2 Å². The van der Waals surface area contributed by atoms with Gasteiger partial charge in [-0.2, -0.15) is 0 Å². The number of benzene rings is 1. The predicted octanol–water partition coefficient (Wildman–Crippen LogP) is 2.91. The van der Waals surface area contributed by atoms with Crippen LogP contribution in [-0.2, 0) is 6.54 Å². The van der Waals surface area contributed by atoms with E-state index in [2.05, 4.69) is 5.32 Å². The third-order valence-electron chi connectivity index (χ3n) is 3.85. The molecule has 2 heterocycles. The zero-order valence-electron chi connectivity index (χ0n) is 13.0. The first-order valence-electron chi connectivity index (χ1n) is 7.29. The normalized spacial score (nSPS) is 13.0. The summed E-state index contributed by atoms with van der Waals surface area (Å²) in [5.41, 5.74) is 2.47. The second kappa shape index (κ2) is 5.75. The molecule has 22 heavy (non-hydrogen) atoms. The molecule has 0 spiro atoms. The average Bonchev–Trinajstić information content (AvgIpc) is 2.77. The van der Waals surface area contributed by atoms with Gasteiger partial charge in [0.2, 0.25) is 0 Å². The minimum atomic E-state index is -0.123. The number of furan rings is 1. The van der Waals surface area contributed by atoms with Crippen molar-refractivity contribution in [2.75, 3.05) is 13.2 Å². The molecule has 1 N–H and O–H groups in total. The van der Waals surface area contributed by atoms with E-state index in [9.17, 15) is 4.79 Å². The first-order valence-corrected chi connectivity index (χ1v) is 7.29. The third kappa shape index (κ3) is 2.66. The van der Waals surface area contributed by atoms with Crippen molar-refractivity contribution in [3.8, 4) is 11.5 Å². The zero-order valence-corrected chi connectivity index (χ0v) is 13.0. The van der Waals surface area contributed by atoms with Gasteiger partial charge in [-0.3, -0.25) is 4.79 Å². The van der Waals surface area contributed by atoms with E-state index >= 15 is 0 Å². The molecule has 0 aliphatic carbocycles. The molecule has 0 unspecified atom stereocenters. The number of rotatable bonds is 3. The smallest absolute Gasteiger partial charge is 0.255 e. The molecule has 116 valence electrons. The van der Waals surface area contributed by atoms with Crippen molar-refractivity contribution in [2.45, 2.75) is 27.3 Å². The summed E-state index contributed by atoms with van der Waals surface area (Å²) < 4.78 is 16.5. The highest BCUT2D eigenvalue weighted by Crippen LogP contribution is 2.30. The van der Waals surface area contributed by atoms with E-state index in [0.717, 1.165) is 28.4 Å². The number of carbonyl (C=O) groups is 1. The minimum absolute atomic E-state index is 0.123. The Hall–Kier alpha value is -2.43. The van der Waals surface area contributed by atoms with Crippen molar-refractivity contribution in [3.63, 3.8) is 0 Å². The van der Waals surface area contributed by atoms with Crippen LogP contribution in [0, 0.1) is 20.8 Å². The number of hydrogen-bond donors (Lipinski definition) is 1. The van der Waals surface area contributed by atoms with Gasteiger partial charge in [0.1, 0.15) is 24.7 Å². The van der Waals surface area contributed by atoms with Gasteiger partial charge in [0, 0.05) is 12.1 Å². The summed E-state index contributed by atoms with van der Waals surface area (Å²) in [7, 11) is 0. The number of nitrogens with one attached hydrogen (secondary N) is 1. The lowest BCUT2D eigenvalue weighted by Crippen LogP contribution is -2.24. The number of ether oxygens (including phenoxy) is 2. The van der Waals surface area contributed by atoms with E-state index in [1.165, 1.54) is 0 Å². The van der Waals surface area contributed by atoms with Crippen molar-refractivity contribution >= 4 is 5.91 Å². The Labute approximate surface area is 129 Å². The van der Waals surface area contributed by atoms with E-state index in [1.54, 1.807) is 6.92 Å². The van der Waals surface area contributed by atoms with Gasteiger partial charge in [-0.05, 0) is 38.5 Å². The lowest BCUT2D eigenvalue weighted by atomic mass is 10.1. The summed E-state index contributed by atoms with van der Waals surface area (Å²) >= 11 is 0. The lowest BCUT2D eigenvalue weighted by Gasteiger charge is -2.19. The summed E-state index contributed by atoms with van der Waals surface area (Å²) in [6, 6.07) is 5.69. The molecule has 2 aromatic rings. The third-order valence-corrected chi connectivity index (χ3v) is 3.85. The Kier molecular flexibility index (Phi) is 3.79.